The molecule has 0 aliphatic heterocycles. The summed E-state index contributed by atoms with van der Waals surface area (Å²) in [6, 6.07) is 8.12. The van der Waals surface area contributed by atoms with Gasteiger partial charge in [-0.05, 0) is 43.4 Å². The van der Waals surface area contributed by atoms with E-state index in [1.165, 1.54) is 37.7 Å². The maximum Gasteiger partial charge on any atom is 0.0466 e. The van der Waals surface area contributed by atoms with Gasteiger partial charge in [-0.25, -0.2) is 0 Å². The van der Waals surface area contributed by atoms with E-state index in [4.69, 9.17) is 16.3 Å². The molecule has 0 heterocycles. The summed E-state index contributed by atoms with van der Waals surface area (Å²) in [4.78, 5) is 0. The van der Waals surface area contributed by atoms with E-state index < -0.39 is 0 Å². The Bertz CT molecular complexity index is 308. The van der Waals surface area contributed by atoms with Crippen molar-refractivity contribution < 1.29 is 4.74 Å². The summed E-state index contributed by atoms with van der Waals surface area (Å²) in [6.45, 7) is 5.65. The van der Waals surface area contributed by atoms with Gasteiger partial charge in [0.2, 0.25) is 0 Å². The van der Waals surface area contributed by atoms with Crippen molar-refractivity contribution in [3.63, 3.8) is 0 Å². The first-order valence-electron chi connectivity index (χ1n) is 7.44. The van der Waals surface area contributed by atoms with E-state index in [1.807, 2.05) is 12.1 Å². The molecule has 19 heavy (non-hydrogen) atoms. The number of hydrogen-bond donors (Lipinski definition) is 0. The van der Waals surface area contributed by atoms with Crippen molar-refractivity contribution in [1.29, 1.82) is 0 Å². The second-order valence-electron chi connectivity index (χ2n) is 4.96. The van der Waals surface area contributed by atoms with E-state index in [2.05, 4.69) is 19.1 Å². The molecule has 0 saturated carbocycles. The summed E-state index contributed by atoms with van der Waals surface area (Å²) >= 11 is 5.85. The van der Waals surface area contributed by atoms with E-state index in [0.717, 1.165) is 37.5 Å². The molecule has 1 aromatic rings. The van der Waals surface area contributed by atoms with Crippen LogP contribution in [0.25, 0.3) is 0 Å². The van der Waals surface area contributed by atoms with Gasteiger partial charge in [0.05, 0.1) is 0 Å². The third-order valence-corrected chi connectivity index (χ3v) is 3.46. The van der Waals surface area contributed by atoms with Crippen LogP contribution in [0.15, 0.2) is 24.3 Å². The monoisotopic (exact) mass is 281 g/mol. The molecule has 0 aromatic heterocycles. The molecule has 0 unspecified atom stereocenters. The van der Waals surface area contributed by atoms with Crippen molar-refractivity contribution >= 4 is 11.6 Å². The van der Waals surface area contributed by atoms with Crippen LogP contribution in [0, 0.1) is 6.92 Å². The van der Waals surface area contributed by atoms with Crippen LogP contribution in [0.3, 0.4) is 0 Å². The van der Waals surface area contributed by atoms with Gasteiger partial charge in [-0.3, -0.25) is 0 Å². The predicted molar refractivity (Wildman–Crippen MR) is 83.7 cm³/mol. The highest BCUT2D eigenvalue weighted by atomic mass is 35.5. The van der Waals surface area contributed by atoms with Crippen molar-refractivity contribution in [2.75, 3.05) is 13.2 Å². The fourth-order valence-corrected chi connectivity index (χ4v) is 2.15. The van der Waals surface area contributed by atoms with Crippen LogP contribution >= 0.6 is 11.6 Å². The van der Waals surface area contributed by atoms with Crippen molar-refractivity contribution in [2.45, 2.75) is 51.4 Å². The number of ether oxygens (including phenoxy) is 1. The van der Waals surface area contributed by atoms with E-state index in [0.29, 0.717) is 0 Å². The third kappa shape index (κ3) is 9.07. The summed E-state index contributed by atoms with van der Waals surface area (Å²) in [5, 5.41) is 0.811. The second-order valence-corrected chi connectivity index (χ2v) is 5.40. The lowest BCUT2D eigenvalue weighted by molar-refractivity contribution is 0.126. The lowest BCUT2D eigenvalue weighted by Crippen LogP contribution is -1.98. The van der Waals surface area contributed by atoms with Gasteiger partial charge in [-0.1, -0.05) is 56.3 Å². The summed E-state index contributed by atoms with van der Waals surface area (Å²) in [7, 11) is 0. The molecule has 0 spiro atoms. The Morgan fingerprint density at radius 3 is 2.16 bits per heavy atom. The first-order chi connectivity index (χ1) is 9.33. The van der Waals surface area contributed by atoms with Crippen LogP contribution in [0.4, 0.5) is 0 Å². The van der Waals surface area contributed by atoms with Crippen molar-refractivity contribution in [2.24, 2.45) is 0 Å². The van der Waals surface area contributed by atoms with Crippen LogP contribution in [0.5, 0.6) is 0 Å². The van der Waals surface area contributed by atoms with Gasteiger partial charge >= 0.3 is 0 Å². The molecular formula is C17H26ClO. The molecule has 0 atom stereocenters. The van der Waals surface area contributed by atoms with Gasteiger partial charge in [0.25, 0.3) is 0 Å². The summed E-state index contributed by atoms with van der Waals surface area (Å²) in [5.74, 6) is 0. The standard InChI is InChI=1S/C17H26ClO/c1-2-3-4-5-7-14-19-15-8-6-9-16-10-12-17(18)13-11-16/h10-13H,1-9,14-15H2. The van der Waals surface area contributed by atoms with E-state index in [1.54, 1.807) is 0 Å². The smallest absolute Gasteiger partial charge is 0.0466 e. The Hall–Kier alpha value is -0.530. The number of benzene rings is 1. The number of aryl methyl sites for hydroxylation is 1. The number of rotatable bonds is 11. The highest BCUT2D eigenvalue weighted by Crippen LogP contribution is 2.11. The molecule has 2 heteroatoms. The first kappa shape index (κ1) is 16.5. The average molecular weight is 282 g/mol. The van der Waals surface area contributed by atoms with Gasteiger partial charge in [0.1, 0.15) is 0 Å². The predicted octanol–water partition coefficient (Wildman–Crippen LogP) is 5.46. The van der Waals surface area contributed by atoms with Gasteiger partial charge in [-0.15, -0.1) is 0 Å². The highest BCUT2D eigenvalue weighted by Gasteiger charge is 1.95. The topological polar surface area (TPSA) is 9.23 Å². The Kier molecular flexibility index (Phi) is 9.84. The number of halogens is 1. The SMILES string of the molecule is [CH2]CCCCCCOCCCCc1ccc(Cl)cc1. The third-order valence-electron chi connectivity index (χ3n) is 3.21. The van der Waals surface area contributed by atoms with Gasteiger partial charge in [0.15, 0.2) is 0 Å². The molecule has 1 radical (unpaired) electrons. The highest BCUT2D eigenvalue weighted by molar-refractivity contribution is 6.30. The van der Waals surface area contributed by atoms with Crippen LogP contribution < -0.4 is 0 Å². The van der Waals surface area contributed by atoms with Crippen LogP contribution in [-0.2, 0) is 11.2 Å². The zero-order valence-electron chi connectivity index (χ0n) is 11.9. The van der Waals surface area contributed by atoms with E-state index >= 15 is 0 Å². The molecule has 0 saturated heterocycles. The minimum absolute atomic E-state index is 0.811. The molecule has 0 fully saturated rings. The molecule has 0 aliphatic carbocycles. The summed E-state index contributed by atoms with van der Waals surface area (Å²) < 4.78 is 5.63. The fourth-order valence-electron chi connectivity index (χ4n) is 2.02. The zero-order valence-corrected chi connectivity index (χ0v) is 12.6. The quantitative estimate of drug-likeness (QED) is 0.489. The molecule has 1 rings (SSSR count). The normalized spacial score (nSPS) is 10.8. The van der Waals surface area contributed by atoms with Crippen LogP contribution in [0.2, 0.25) is 5.02 Å². The molecule has 0 bridgehead atoms. The van der Waals surface area contributed by atoms with Gasteiger partial charge < -0.3 is 4.74 Å². The first-order valence-corrected chi connectivity index (χ1v) is 7.82. The minimum Gasteiger partial charge on any atom is -0.381 e. The number of unbranched alkanes of at least 4 members (excludes halogenated alkanes) is 5. The zero-order chi connectivity index (χ0) is 13.8. The van der Waals surface area contributed by atoms with Crippen molar-refractivity contribution in [3.05, 3.63) is 41.8 Å². The van der Waals surface area contributed by atoms with Crippen LogP contribution in [0.1, 0.15) is 50.5 Å². The number of hydrogen-bond acceptors (Lipinski definition) is 1. The second kappa shape index (κ2) is 11.3. The van der Waals surface area contributed by atoms with Crippen LogP contribution in [-0.4, -0.2) is 13.2 Å². The molecule has 1 nitrogen and oxygen atoms in total. The minimum atomic E-state index is 0.811. The average Bonchev–Trinajstić information content (AvgIpc) is 2.43. The maximum absolute atomic E-state index is 5.85. The Balaban J connectivity index is 1.87. The lowest BCUT2D eigenvalue weighted by atomic mass is 10.1. The molecule has 0 N–H and O–H groups in total. The Morgan fingerprint density at radius 2 is 1.47 bits per heavy atom. The molecule has 1 aromatic carbocycles. The van der Waals surface area contributed by atoms with E-state index in [-0.39, 0.29) is 0 Å². The summed E-state index contributed by atoms with van der Waals surface area (Å²) in [6.07, 6.45) is 9.52. The molecule has 0 aliphatic rings. The lowest BCUT2D eigenvalue weighted by Gasteiger charge is -2.05. The molecular weight excluding hydrogens is 256 g/mol. The molecule has 0 amide bonds. The maximum atomic E-state index is 5.85. The van der Waals surface area contributed by atoms with Gasteiger partial charge in [0, 0.05) is 18.2 Å². The van der Waals surface area contributed by atoms with Crippen molar-refractivity contribution in [3.8, 4) is 0 Å². The fraction of sp³-hybridized carbons (Fsp3) is 0.588. The van der Waals surface area contributed by atoms with Gasteiger partial charge in [-0.2, -0.15) is 0 Å². The Labute approximate surface area is 123 Å². The Morgan fingerprint density at radius 1 is 0.842 bits per heavy atom. The largest absolute Gasteiger partial charge is 0.381 e. The molecule has 107 valence electrons. The van der Waals surface area contributed by atoms with Crippen molar-refractivity contribution in [1.82, 2.24) is 0 Å². The summed E-state index contributed by atoms with van der Waals surface area (Å²) in [5.41, 5.74) is 1.36. The van der Waals surface area contributed by atoms with E-state index in [9.17, 15) is 0 Å².